The van der Waals surface area contributed by atoms with Gasteiger partial charge in [0.1, 0.15) is 12.4 Å². The van der Waals surface area contributed by atoms with Gasteiger partial charge in [-0.25, -0.2) is 0 Å². The van der Waals surface area contributed by atoms with Gasteiger partial charge in [-0.15, -0.1) is 0 Å². The molecule has 2 nitrogen and oxygen atoms in total. The van der Waals surface area contributed by atoms with E-state index >= 15 is 0 Å². The zero-order valence-electron chi connectivity index (χ0n) is 10.9. The number of rotatable bonds is 3. The van der Waals surface area contributed by atoms with Gasteiger partial charge in [-0.1, -0.05) is 38.5 Å². The third-order valence-corrected chi connectivity index (χ3v) is 2.42. The molecule has 0 heterocycles. The van der Waals surface area contributed by atoms with Crippen molar-refractivity contribution in [1.82, 2.24) is 0 Å². The molecule has 0 aromatic heterocycles. The van der Waals surface area contributed by atoms with E-state index < -0.39 is 6.10 Å². The summed E-state index contributed by atoms with van der Waals surface area (Å²) in [6, 6.07) is 6.17. The van der Waals surface area contributed by atoms with Crippen LogP contribution in [-0.4, -0.2) is 17.8 Å². The van der Waals surface area contributed by atoms with Crippen LogP contribution in [-0.2, 0) is 5.41 Å². The van der Waals surface area contributed by atoms with Gasteiger partial charge >= 0.3 is 0 Å². The molecule has 1 aromatic carbocycles. The SMILES string of the molecule is Cc1ccc(OCC(C)O)c(C(C)(C)C)c1. The van der Waals surface area contributed by atoms with E-state index in [9.17, 15) is 5.11 Å². The molecule has 2 heteroatoms. The summed E-state index contributed by atoms with van der Waals surface area (Å²) in [7, 11) is 0. The highest BCUT2D eigenvalue weighted by Gasteiger charge is 2.19. The second kappa shape index (κ2) is 4.88. The van der Waals surface area contributed by atoms with Crippen molar-refractivity contribution < 1.29 is 9.84 Å². The number of hydrogen-bond acceptors (Lipinski definition) is 2. The average Bonchev–Trinajstić information content (AvgIpc) is 2.14. The zero-order valence-corrected chi connectivity index (χ0v) is 10.9. The van der Waals surface area contributed by atoms with Crippen molar-refractivity contribution in [2.45, 2.75) is 46.1 Å². The number of aryl methyl sites for hydroxylation is 1. The Hall–Kier alpha value is -1.02. The summed E-state index contributed by atoms with van der Waals surface area (Å²) in [5.74, 6) is 0.874. The Morgan fingerprint density at radius 2 is 1.94 bits per heavy atom. The Kier molecular flexibility index (Phi) is 3.98. The number of ether oxygens (including phenoxy) is 1. The fraction of sp³-hybridized carbons (Fsp3) is 0.571. The number of benzene rings is 1. The van der Waals surface area contributed by atoms with Crippen molar-refractivity contribution in [1.29, 1.82) is 0 Å². The molecule has 1 aromatic rings. The van der Waals surface area contributed by atoms with E-state index in [1.807, 2.05) is 12.1 Å². The van der Waals surface area contributed by atoms with Gasteiger partial charge in [-0.2, -0.15) is 0 Å². The number of hydrogen-bond donors (Lipinski definition) is 1. The van der Waals surface area contributed by atoms with Crippen LogP contribution in [0.5, 0.6) is 5.75 Å². The monoisotopic (exact) mass is 222 g/mol. The first-order chi connectivity index (χ1) is 7.30. The molecule has 0 aliphatic heterocycles. The highest BCUT2D eigenvalue weighted by atomic mass is 16.5. The predicted molar refractivity (Wildman–Crippen MR) is 67.1 cm³/mol. The third-order valence-electron chi connectivity index (χ3n) is 2.42. The van der Waals surface area contributed by atoms with Crippen LogP contribution in [0.1, 0.15) is 38.8 Å². The molecule has 0 amide bonds. The van der Waals surface area contributed by atoms with Gasteiger partial charge in [0.15, 0.2) is 0 Å². The minimum absolute atomic E-state index is 0.0556. The van der Waals surface area contributed by atoms with Crippen LogP contribution in [0.15, 0.2) is 18.2 Å². The lowest BCUT2D eigenvalue weighted by atomic mass is 9.85. The van der Waals surface area contributed by atoms with Crippen molar-refractivity contribution >= 4 is 0 Å². The van der Waals surface area contributed by atoms with E-state index in [2.05, 4.69) is 33.8 Å². The summed E-state index contributed by atoms with van der Waals surface area (Å²) >= 11 is 0. The summed E-state index contributed by atoms with van der Waals surface area (Å²) in [5, 5.41) is 9.24. The molecule has 1 unspecified atom stereocenters. The topological polar surface area (TPSA) is 29.5 Å². The molecular weight excluding hydrogens is 200 g/mol. The maximum Gasteiger partial charge on any atom is 0.123 e. The Morgan fingerprint density at radius 1 is 1.31 bits per heavy atom. The van der Waals surface area contributed by atoms with Gasteiger partial charge in [0, 0.05) is 0 Å². The molecule has 1 rings (SSSR count). The average molecular weight is 222 g/mol. The van der Waals surface area contributed by atoms with Crippen LogP contribution < -0.4 is 4.74 Å². The van der Waals surface area contributed by atoms with Gasteiger partial charge in [0.05, 0.1) is 6.10 Å². The highest BCUT2D eigenvalue weighted by Crippen LogP contribution is 2.32. The first kappa shape index (κ1) is 13.0. The largest absolute Gasteiger partial charge is 0.491 e. The van der Waals surface area contributed by atoms with E-state index in [0.717, 1.165) is 5.75 Å². The summed E-state index contributed by atoms with van der Waals surface area (Å²) in [6.07, 6.45) is -0.436. The van der Waals surface area contributed by atoms with Crippen molar-refractivity contribution in [2.75, 3.05) is 6.61 Å². The van der Waals surface area contributed by atoms with Gasteiger partial charge < -0.3 is 9.84 Å². The number of aliphatic hydroxyl groups is 1. The molecule has 0 bridgehead atoms. The zero-order chi connectivity index (χ0) is 12.3. The molecule has 0 aliphatic rings. The van der Waals surface area contributed by atoms with Crippen molar-refractivity contribution in [2.24, 2.45) is 0 Å². The minimum atomic E-state index is -0.436. The van der Waals surface area contributed by atoms with Gasteiger partial charge in [0.2, 0.25) is 0 Å². The van der Waals surface area contributed by atoms with E-state index in [-0.39, 0.29) is 5.41 Å². The van der Waals surface area contributed by atoms with Crippen molar-refractivity contribution in [3.8, 4) is 5.75 Å². The van der Waals surface area contributed by atoms with Gasteiger partial charge in [-0.3, -0.25) is 0 Å². The molecule has 1 N–H and O–H groups in total. The van der Waals surface area contributed by atoms with Gasteiger partial charge in [0.25, 0.3) is 0 Å². The molecule has 16 heavy (non-hydrogen) atoms. The first-order valence-corrected chi connectivity index (χ1v) is 5.72. The molecule has 1 atom stereocenters. The Balaban J connectivity index is 2.99. The van der Waals surface area contributed by atoms with Crippen LogP contribution in [0, 0.1) is 6.92 Å². The Labute approximate surface area is 98.3 Å². The summed E-state index contributed by atoms with van der Waals surface area (Å²) in [4.78, 5) is 0. The van der Waals surface area contributed by atoms with Crippen LogP contribution in [0.25, 0.3) is 0 Å². The maximum absolute atomic E-state index is 9.24. The second-order valence-electron chi connectivity index (χ2n) is 5.41. The third kappa shape index (κ3) is 3.53. The second-order valence-corrected chi connectivity index (χ2v) is 5.41. The predicted octanol–water partition coefficient (Wildman–Crippen LogP) is 3.05. The van der Waals surface area contributed by atoms with Crippen molar-refractivity contribution in [3.05, 3.63) is 29.3 Å². The molecule has 0 radical (unpaired) electrons. The lowest BCUT2D eigenvalue weighted by Crippen LogP contribution is -2.17. The normalized spacial score (nSPS) is 13.6. The molecule has 0 spiro atoms. The quantitative estimate of drug-likeness (QED) is 0.851. The molecular formula is C14H22O2. The molecule has 0 saturated carbocycles. The van der Waals surface area contributed by atoms with Crippen LogP contribution in [0.4, 0.5) is 0 Å². The van der Waals surface area contributed by atoms with Gasteiger partial charge in [-0.05, 0) is 30.9 Å². The summed E-state index contributed by atoms with van der Waals surface area (Å²) in [5.41, 5.74) is 2.47. The van der Waals surface area contributed by atoms with E-state index in [1.165, 1.54) is 11.1 Å². The lowest BCUT2D eigenvalue weighted by Gasteiger charge is -2.23. The van der Waals surface area contributed by atoms with Crippen LogP contribution in [0.3, 0.4) is 0 Å². The molecule has 0 saturated heterocycles. The summed E-state index contributed by atoms with van der Waals surface area (Å²) in [6.45, 7) is 10.6. The van der Waals surface area contributed by atoms with E-state index in [1.54, 1.807) is 6.92 Å². The van der Waals surface area contributed by atoms with Crippen LogP contribution >= 0.6 is 0 Å². The standard InChI is InChI=1S/C14H22O2/c1-10-6-7-13(16-9-11(2)15)12(8-10)14(3,4)5/h6-8,11,15H,9H2,1-5H3. The lowest BCUT2D eigenvalue weighted by molar-refractivity contribution is 0.121. The molecule has 0 fully saturated rings. The maximum atomic E-state index is 9.24. The van der Waals surface area contributed by atoms with Crippen molar-refractivity contribution in [3.63, 3.8) is 0 Å². The Morgan fingerprint density at radius 3 is 2.44 bits per heavy atom. The fourth-order valence-corrected chi connectivity index (χ4v) is 1.57. The van der Waals surface area contributed by atoms with Crippen LogP contribution in [0.2, 0.25) is 0 Å². The smallest absolute Gasteiger partial charge is 0.123 e. The molecule has 90 valence electrons. The number of aliphatic hydroxyl groups excluding tert-OH is 1. The first-order valence-electron chi connectivity index (χ1n) is 5.72. The van der Waals surface area contributed by atoms with E-state index in [4.69, 9.17) is 4.74 Å². The highest BCUT2D eigenvalue weighted by molar-refractivity contribution is 5.41. The summed E-state index contributed by atoms with van der Waals surface area (Å²) < 4.78 is 5.63. The minimum Gasteiger partial charge on any atom is -0.491 e. The Bertz CT molecular complexity index is 348. The molecule has 0 aliphatic carbocycles. The van der Waals surface area contributed by atoms with E-state index in [0.29, 0.717) is 6.61 Å². The fourth-order valence-electron chi connectivity index (χ4n) is 1.57.